The van der Waals surface area contributed by atoms with E-state index in [1.54, 1.807) is 0 Å². The predicted molar refractivity (Wildman–Crippen MR) is 85.9 cm³/mol. The van der Waals surface area contributed by atoms with E-state index in [-0.39, 0.29) is 12.5 Å². The summed E-state index contributed by atoms with van der Waals surface area (Å²) in [7, 11) is 0. The second-order valence-corrected chi connectivity index (χ2v) is 5.40. The smallest absolute Gasteiger partial charge is 0.131 e. The van der Waals surface area contributed by atoms with Gasteiger partial charge in [0.2, 0.25) is 0 Å². The molecule has 2 aromatic rings. The first-order valence-corrected chi connectivity index (χ1v) is 7.38. The molecule has 1 heterocycles. The maximum absolute atomic E-state index is 9.67. The van der Waals surface area contributed by atoms with Gasteiger partial charge >= 0.3 is 0 Å². The fourth-order valence-electron chi connectivity index (χ4n) is 2.38. The van der Waals surface area contributed by atoms with E-state index in [0.717, 1.165) is 23.7 Å². The largest absolute Gasteiger partial charge is 0.390 e. The lowest BCUT2D eigenvalue weighted by Gasteiger charge is -2.26. The molecule has 2 rings (SSSR count). The van der Waals surface area contributed by atoms with Crippen LogP contribution >= 0.6 is 0 Å². The summed E-state index contributed by atoms with van der Waals surface area (Å²) in [6.45, 7) is 8.98. The molecule has 0 fully saturated rings. The summed E-state index contributed by atoms with van der Waals surface area (Å²) in [6, 6.07) is 8.21. The average Bonchev–Trinajstić information content (AvgIpc) is 2.49. The molecule has 0 bridgehead atoms. The van der Waals surface area contributed by atoms with Crippen LogP contribution in [0.3, 0.4) is 0 Å². The van der Waals surface area contributed by atoms with Crippen LogP contribution in [0.5, 0.6) is 0 Å². The first-order valence-electron chi connectivity index (χ1n) is 7.38. The Balaban J connectivity index is 2.50. The molecule has 0 saturated carbocycles. The standard InChI is InChI=1S/C17H23N3O/c1-5-20(15-9-7-6-8-13(15)4)16-10-18-17(12(2)3)19-14(16)11-21/h6-10,12,21H,5,11H2,1-4H3. The number of anilines is 2. The van der Waals surface area contributed by atoms with Crippen LogP contribution in [0.1, 0.15) is 43.8 Å². The van der Waals surface area contributed by atoms with Crippen LogP contribution in [-0.4, -0.2) is 21.6 Å². The molecule has 0 spiro atoms. The molecule has 1 N–H and O–H groups in total. The SMILES string of the molecule is CCN(c1ccccc1C)c1cnc(C(C)C)nc1CO. The van der Waals surface area contributed by atoms with Crippen molar-refractivity contribution < 1.29 is 5.11 Å². The number of hydrogen-bond acceptors (Lipinski definition) is 4. The van der Waals surface area contributed by atoms with E-state index >= 15 is 0 Å². The van der Waals surface area contributed by atoms with Gasteiger partial charge in [0.1, 0.15) is 5.82 Å². The predicted octanol–water partition coefficient (Wildman–Crippen LogP) is 3.56. The van der Waals surface area contributed by atoms with Crippen LogP contribution in [0.15, 0.2) is 30.5 Å². The van der Waals surface area contributed by atoms with Gasteiger partial charge in [0, 0.05) is 18.2 Å². The Morgan fingerprint density at radius 1 is 1.19 bits per heavy atom. The number of hydrogen-bond donors (Lipinski definition) is 1. The number of nitrogens with zero attached hydrogens (tertiary/aromatic N) is 3. The Bertz CT molecular complexity index is 611. The van der Waals surface area contributed by atoms with Gasteiger partial charge in [0.05, 0.1) is 24.2 Å². The molecule has 0 amide bonds. The highest BCUT2D eigenvalue weighted by Gasteiger charge is 2.16. The van der Waals surface area contributed by atoms with Crippen LogP contribution in [-0.2, 0) is 6.61 Å². The van der Waals surface area contributed by atoms with E-state index in [2.05, 4.69) is 54.7 Å². The van der Waals surface area contributed by atoms with Gasteiger partial charge in [-0.05, 0) is 25.5 Å². The van der Waals surface area contributed by atoms with Gasteiger partial charge in [-0.2, -0.15) is 0 Å². The lowest BCUT2D eigenvalue weighted by Crippen LogP contribution is -2.20. The van der Waals surface area contributed by atoms with Gasteiger partial charge in [-0.3, -0.25) is 0 Å². The van der Waals surface area contributed by atoms with Gasteiger partial charge in [-0.15, -0.1) is 0 Å². The van der Waals surface area contributed by atoms with Crippen LogP contribution in [0.25, 0.3) is 0 Å². The molecule has 0 aliphatic heterocycles. The molecule has 0 atom stereocenters. The van der Waals surface area contributed by atoms with Crippen molar-refractivity contribution in [3.05, 3.63) is 47.5 Å². The molecule has 4 heteroatoms. The van der Waals surface area contributed by atoms with Crippen molar-refractivity contribution in [3.8, 4) is 0 Å². The number of rotatable bonds is 5. The van der Waals surface area contributed by atoms with Crippen molar-refractivity contribution in [1.82, 2.24) is 9.97 Å². The van der Waals surface area contributed by atoms with Crippen LogP contribution in [0, 0.1) is 6.92 Å². The van der Waals surface area contributed by atoms with Gasteiger partial charge in [0.15, 0.2) is 0 Å². The summed E-state index contributed by atoms with van der Waals surface area (Å²) in [6.07, 6.45) is 1.82. The third-order valence-electron chi connectivity index (χ3n) is 3.54. The Hall–Kier alpha value is -1.94. The highest BCUT2D eigenvalue weighted by molar-refractivity contribution is 5.67. The second-order valence-electron chi connectivity index (χ2n) is 5.40. The van der Waals surface area contributed by atoms with Crippen molar-refractivity contribution in [2.24, 2.45) is 0 Å². The van der Waals surface area contributed by atoms with Crippen molar-refractivity contribution >= 4 is 11.4 Å². The highest BCUT2D eigenvalue weighted by Crippen LogP contribution is 2.30. The normalized spacial score (nSPS) is 11.0. The lowest BCUT2D eigenvalue weighted by atomic mass is 10.1. The number of aliphatic hydroxyl groups is 1. The number of aromatic nitrogens is 2. The van der Waals surface area contributed by atoms with E-state index < -0.39 is 0 Å². The fraction of sp³-hybridized carbons (Fsp3) is 0.412. The van der Waals surface area contributed by atoms with Crippen LogP contribution in [0.2, 0.25) is 0 Å². The van der Waals surface area contributed by atoms with Gasteiger partial charge in [-0.25, -0.2) is 9.97 Å². The van der Waals surface area contributed by atoms with Crippen molar-refractivity contribution in [1.29, 1.82) is 0 Å². The second kappa shape index (κ2) is 6.68. The minimum atomic E-state index is -0.0834. The molecular formula is C17H23N3O. The van der Waals surface area contributed by atoms with Crippen molar-refractivity contribution in [2.75, 3.05) is 11.4 Å². The van der Waals surface area contributed by atoms with Gasteiger partial charge < -0.3 is 10.0 Å². The molecule has 0 unspecified atom stereocenters. The number of aliphatic hydroxyl groups excluding tert-OH is 1. The zero-order valence-corrected chi connectivity index (χ0v) is 13.2. The molecule has 0 radical (unpaired) electrons. The highest BCUT2D eigenvalue weighted by atomic mass is 16.3. The fourth-order valence-corrected chi connectivity index (χ4v) is 2.38. The quantitative estimate of drug-likeness (QED) is 0.912. The van der Waals surface area contributed by atoms with E-state index in [9.17, 15) is 5.11 Å². The zero-order valence-electron chi connectivity index (χ0n) is 13.2. The molecule has 21 heavy (non-hydrogen) atoms. The maximum Gasteiger partial charge on any atom is 0.131 e. The summed E-state index contributed by atoms with van der Waals surface area (Å²) >= 11 is 0. The molecule has 0 aliphatic rings. The first-order chi connectivity index (χ1) is 10.1. The number of benzene rings is 1. The van der Waals surface area contributed by atoms with Gasteiger partial charge in [-0.1, -0.05) is 32.0 Å². The topological polar surface area (TPSA) is 49.2 Å². The number of para-hydroxylation sites is 1. The Labute approximate surface area is 126 Å². The Kier molecular flexibility index (Phi) is 4.91. The van der Waals surface area contributed by atoms with Crippen molar-refractivity contribution in [2.45, 2.75) is 40.2 Å². The maximum atomic E-state index is 9.67. The van der Waals surface area contributed by atoms with Crippen molar-refractivity contribution in [3.63, 3.8) is 0 Å². The summed E-state index contributed by atoms with van der Waals surface area (Å²) in [5, 5.41) is 9.67. The van der Waals surface area contributed by atoms with Gasteiger partial charge in [0.25, 0.3) is 0 Å². The molecule has 0 aliphatic carbocycles. The average molecular weight is 285 g/mol. The third kappa shape index (κ3) is 3.22. The Morgan fingerprint density at radius 2 is 1.90 bits per heavy atom. The summed E-state index contributed by atoms with van der Waals surface area (Å²) in [4.78, 5) is 11.1. The summed E-state index contributed by atoms with van der Waals surface area (Å²) in [5.74, 6) is 1.02. The summed E-state index contributed by atoms with van der Waals surface area (Å²) < 4.78 is 0. The third-order valence-corrected chi connectivity index (χ3v) is 3.54. The minimum absolute atomic E-state index is 0.0834. The van der Waals surface area contributed by atoms with E-state index in [1.165, 1.54) is 5.56 Å². The van der Waals surface area contributed by atoms with E-state index in [4.69, 9.17) is 0 Å². The molecule has 1 aromatic heterocycles. The molecule has 0 saturated heterocycles. The summed E-state index contributed by atoms with van der Waals surface area (Å²) in [5.41, 5.74) is 3.87. The van der Waals surface area contributed by atoms with E-state index in [0.29, 0.717) is 5.69 Å². The molecule has 112 valence electrons. The lowest BCUT2D eigenvalue weighted by molar-refractivity contribution is 0.276. The molecule has 1 aromatic carbocycles. The van der Waals surface area contributed by atoms with Crippen LogP contribution in [0.4, 0.5) is 11.4 Å². The Morgan fingerprint density at radius 3 is 2.48 bits per heavy atom. The van der Waals surface area contributed by atoms with Crippen LogP contribution < -0.4 is 4.90 Å². The monoisotopic (exact) mass is 285 g/mol. The minimum Gasteiger partial charge on any atom is -0.390 e. The first kappa shape index (κ1) is 15.4. The zero-order chi connectivity index (χ0) is 15.4. The molecular weight excluding hydrogens is 262 g/mol. The number of aryl methyl sites for hydroxylation is 1. The van der Waals surface area contributed by atoms with E-state index in [1.807, 2.05) is 18.3 Å². The molecule has 4 nitrogen and oxygen atoms in total.